The molecule has 0 bridgehead atoms. The molecule has 0 amide bonds. The van der Waals surface area contributed by atoms with E-state index in [0.29, 0.717) is 0 Å². The van der Waals surface area contributed by atoms with Crippen LogP contribution < -0.4 is 0 Å². The van der Waals surface area contributed by atoms with Crippen LogP contribution in [0.1, 0.15) is 0 Å². The van der Waals surface area contributed by atoms with E-state index in [2.05, 4.69) is 0 Å². The molecule has 0 aromatic heterocycles. The number of hydrogen-bond donors (Lipinski definition) is 0. The van der Waals surface area contributed by atoms with Gasteiger partial charge in [0.05, 0.1) is 0 Å². The van der Waals surface area contributed by atoms with Gasteiger partial charge in [-0.05, 0) is 0 Å². The third-order valence-corrected chi connectivity index (χ3v) is 0. The second-order valence-electron chi connectivity index (χ2n) is 0. The van der Waals surface area contributed by atoms with E-state index in [4.69, 9.17) is 0 Å². The standard InChI is InChI=1S/4Ce. The van der Waals surface area contributed by atoms with Crippen molar-refractivity contribution in [3.05, 3.63) is 0 Å². The fourth-order valence-electron chi connectivity index (χ4n) is 0. The summed E-state index contributed by atoms with van der Waals surface area (Å²) in [5, 5.41) is 0. The first-order valence-electron chi connectivity index (χ1n) is 0. The Morgan fingerprint density at radius 3 is 0.250 bits per heavy atom. The van der Waals surface area contributed by atoms with Crippen molar-refractivity contribution >= 4 is 0 Å². The summed E-state index contributed by atoms with van der Waals surface area (Å²) in [5.41, 5.74) is 0. The molecule has 0 aliphatic heterocycles. The van der Waals surface area contributed by atoms with Crippen molar-refractivity contribution in [2.45, 2.75) is 0 Å². The molecule has 0 nitrogen and oxygen atoms in total. The van der Waals surface area contributed by atoms with E-state index in [1.807, 2.05) is 0 Å². The summed E-state index contributed by atoms with van der Waals surface area (Å²) in [7, 11) is 0. The molecule has 0 radical (unpaired) electrons. The predicted octanol–water partition coefficient (Wildman–Crippen LogP) is 0. The van der Waals surface area contributed by atoms with Gasteiger partial charge in [-0.3, -0.25) is 0 Å². The minimum Gasteiger partial charge on any atom is 0 e. The third kappa shape index (κ3) is 10.5. The Labute approximate surface area is 161 Å². The van der Waals surface area contributed by atoms with Crippen molar-refractivity contribution in [2.75, 3.05) is 0 Å². The normalized spacial score (nSPS) is 0. The smallest absolute Gasteiger partial charge is 0 e. The molecule has 0 N–H and O–H groups in total. The van der Waals surface area contributed by atoms with E-state index in [-0.39, 0.29) is 167 Å². The van der Waals surface area contributed by atoms with Gasteiger partial charge < -0.3 is 0 Å². The second-order valence-corrected chi connectivity index (χ2v) is 0. The van der Waals surface area contributed by atoms with E-state index >= 15 is 0 Å². The zero-order valence-electron chi connectivity index (χ0n) is 2.00. The summed E-state index contributed by atoms with van der Waals surface area (Å²) in [5.74, 6) is 0. The molecule has 0 spiro atoms. The molecule has 0 saturated heterocycles. The molecule has 0 heterocycles. The monoisotopic (exact) mass is 560 g/mol. The molecular formula is Ce4. The molecule has 0 atom stereocenters. The SMILES string of the molecule is [Ce].[Ce].[Ce].[Ce]. The van der Waals surface area contributed by atoms with Gasteiger partial charge in [-0.15, -0.1) is 0 Å². The van der Waals surface area contributed by atoms with Gasteiger partial charge in [0.15, 0.2) is 0 Å². The number of rotatable bonds is 0. The first kappa shape index (κ1) is 22.7. The Morgan fingerprint density at radius 1 is 0.250 bits per heavy atom. The van der Waals surface area contributed by atoms with Gasteiger partial charge in [0.25, 0.3) is 0 Å². The fraction of sp³-hybridized carbons (Fsp3) is 0. The Kier molecular flexibility index (Phi) is 89.7. The molecule has 0 aliphatic rings. The Balaban J connectivity index is 0. The fourth-order valence-corrected chi connectivity index (χ4v) is 0. The van der Waals surface area contributed by atoms with Crippen molar-refractivity contribution in [3.8, 4) is 0 Å². The van der Waals surface area contributed by atoms with Crippen LogP contribution in [-0.4, -0.2) is 0 Å². The Hall–Kier alpha value is 5.51. The molecule has 4 heteroatoms. The molecule has 0 fully saturated rings. The molecule has 0 aliphatic carbocycles. The molecular weight excluding hydrogens is 560 g/mol. The molecule has 0 aromatic rings. The van der Waals surface area contributed by atoms with Gasteiger partial charge in [0.1, 0.15) is 0 Å². The minimum absolute atomic E-state index is 0. The molecule has 0 saturated carbocycles. The second kappa shape index (κ2) is 15.8. The topological polar surface area (TPSA) is 0 Å². The van der Waals surface area contributed by atoms with E-state index in [9.17, 15) is 0 Å². The Morgan fingerprint density at radius 2 is 0.250 bits per heavy atom. The Bertz CT molecular complexity index is 0. The van der Waals surface area contributed by atoms with Crippen molar-refractivity contribution in [1.82, 2.24) is 0 Å². The molecule has 0 unspecified atom stereocenters. The van der Waals surface area contributed by atoms with Crippen LogP contribution in [0.2, 0.25) is 0 Å². The average molecular weight is 560 g/mol. The summed E-state index contributed by atoms with van der Waals surface area (Å²) >= 11 is 0. The molecule has 0 aromatic carbocycles. The molecule has 0 rings (SSSR count). The van der Waals surface area contributed by atoms with Crippen molar-refractivity contribution in [1.29, 1.82) is 0 Å². The van der Waals surface area contributed by atoms with Crippen LogP contribution >= 0.6 is 0 Å². The summed E-state index contributed by atoms with van der Waals surface area (Å²) in [6.45, 7) is 0. The van der Waals surface area contributed by atoms with Gasteiger partial charge in [0, 0.05) is 167 Å². The van der Waals surface area contributed by atoms with Crippen LogP contribution in [0.15, 0.2) is 0 Å². The van der Waals surface area contributed by atoms with Crippen LogP contribution in [0.3, 0.4) is 0 Å². The summed E-state index contributed by atoms with van der Waals surface area (Å²) in [4.78, 5) is 0. The van der Waals surface area contributed by atoms with E-state index in [1.165, 1.54) is 0 Å². The predicted molar refractivity (Wildman–Crippen MR) is 0 cm³/mol. The first-order valence-corrected chi connectivity index (χ1v) is 0. The van der Waals surface area contributed by atoms with E-state index in [0.717, 1.165) is 0 Å². The van der Waals surface area contributed by atoms with Gasteiger partial charge >= 0.3 is 0 Å². The van der Waals surface area contributed by atoms with Crippen LogP contribution in [0, 0.1) is 167 Å². The largest absolute Gasteiger partial charge is 0 e. The van der Waals surface area contributed by atoms with Gasteiger partial charge in [-0.1, -0.05) is 0 Å². The van der Waals surface area contributed by atoms with E-state index in [1.54, 1.807) is 0 Å². The summed E-state index contributed by atoms with van der Waals surface area (Å²) in [6, 6.07) is 0. The van der Waals surface area contributed by atoms with Crippen LogP contribution in [0.25, 0.3) is 0 Å². The molecule has 16 valence electrons. The third-order valence-electron chi connectivity index (χ3n) is 0. The maximum atomic E-state index is 0. The maximum Gasteiger partial charge on any atom is 0 e. The van der Waals surface area contributed by atoms with E-state index < -0.39 is 0 Å². The van der Waals surface area contributed by atoms with Crippen molar-refractivity contribution in [3.63, 3.8) is 0 Å². The van der Waals surface area contributed by atoms with Crippen LogP contribution in [0.5, 0.6) is 0 Å². The van der Waals surface area contributed by atoms with Crippen LogP contribution in [0.4, 0.5) is 0 Å². The van der Waals surface area contributed by atoms with Crippen molar-refractivity contribution < 1.29 is 167 Å². The summed E-state index contributed by atoms with van der Waals surface area (Å²) < 4.78 is 0. The zero-order valence-corrected chi connectivity index (χ0v) is 14.6. The van der Waals surface area contributed by atoms with Gasteiger partial charge in [0.2, 0.25) is 0 Å². The molecule has 4 heavy (non-hydrogen) atoms. The van der Waals surface area contributed by atoms with Gasteiger partial charge in [-0.25, -0.2) is 0 Å². The van der Waals surface area contributed by atoms with Gasteiger partial charge in [-0.2, -0.15) is 0 Å². The zero-order chi connectivity index (χ0) is 0. The minimum atomic E-state index is 0. The first-order chi connectivity index (χ1) is 0. The quantitative estimate of drug-likeness (QED) is 0.392. The van der Waals surface area contributed by atoms with Crippen molar-refractivity contribution in [2.24, 2.45) is 0 Å². The van der Waals surface area contributed by atoms with Crippen LogP contribution in [-0.2, 0) is 0 Å². The maximum absolute atomic E-state index is 0. The average Bonchev–Trinajstić information content (AvgIpc) is 0. The summed E-state index contributed by atoms with van der Waals surface area (Å²) in [6.07, 6.45) is 0. The number of hydrogen-bond acceptors (Lipinski definition) is 0.